The van der Waals surface area contributed by atoms with Crippen LogP contribution in [0.25, 0.3) is 21.8 Å². The molecular formula is C22H20F2N2. The molecule has 0 aliphatic rings. The molecule has 0 fully saturated rings. The Morgan fingerprint density at radius 3 is 2.62 bits per heavy atom. The molecule has 1 unspecified atom stereocenters. The molecule has 0 saturated carbocycles. The molecule has 0 amide bonds. The SMILES string of the molecule is CCCC(Cc1nc2cc(F)c(F)cc2[nH]1)c1cccc2ccccc12. The van der Waals surface area contributed by atoms with Crippen molar-refractivity contribution in [2.45, 2.75) is 32.1 Å². The third kappa shape index (κ3) is 3.07. The molecule has 26 heavy (non-hydrogen) atoms. The minimum Gasteiger partial charge on any atom is -0.342 e. The van der Waals surface area contributed by atoms with Gasteiger partial charge in [-0.3, -0.25) is 0 Å². The Morgan fingerprint density at radius 1 is 1.00 bits per heavy atom. The molecule has 4 rings (SSSR count). The van der Waals surface area contributed by atoms with E-state index in [0.29, 0.717) is 23.4 Å². The van der Waals surface area contributed by atoms with Crippen molar-refractivity contribution in [3.05, 3.63) is 77.6 Å². The first-order chi connectivity index (χ1) is 12.7. The number of nitrogens with one attached hydrogen (secondary N) is 1. The number of fused-ring (bicyclic) bond motifs is 2. The van der Waals surface area contributed by atoms with Gasteiger partial charge >= 0.3 is 0 Å². The Morgan fingerprint density at radius 2 is 1.77 bits per heavy atom. The van der Waals surface area contributed by atoms with Crippen molar-refractivity contribution in [1.82, 2.24) is 9.97 Å². The lowest BCUT2D eigenvalue weighted by Gasteiger charge is -2.18. The molecular weight excluding hydrogens is 330 g/mol. The summed E-state index contributed by atoms with van der Waals surface area (Å²) in [7, 11) is 0. The maximum atomic E-state index is 13.5. The van der Waals surface area contributed by atoms with Gasteiger partial charge in [0, 0.05) is 18.6 Å². The number of rotatable bonds is 5. The Labute approximate surface area is 150 Å². The molecule has 0 spiro atoms. The summed E-state index contributed by atoms with van der Waals surface area (Å²) in [6, 6.07) is 17.1. The molecule has 0 aliphatic carbocycles. The predicted molar refractivity (Wildman–Crippen MR) is 101 cm³/mol. The number of halogens is 2. The van der Waals surface area contributed by atoms with E-state index in [4.69, 9.17) is 0 Å². The number of benzene rings is 3. The average molecular weight is 350 g/mol. The number of aromatic nitrogens is 2. The minimum absolute atomic E-state index is 0.293. The van der Waals surface area contributed by atoms with Crippen molar-refractivity contribution in [1.29, 1.82) is 0 Å². The first kappa shape index (κ1) is 16.7. The summed E-state index contributed by atoms with van der Waals surface area (Å²) in [6.07, 6.45) is 2.78. The summed E-state index contributed by atoms with van der Waals surface area (Å²) < 4.78 is 26.9. The second-order valence-electron chi connectivity index (χ2n) is 6.73. The zero-order valence-corrected chi connectivity index (χ0v) is 14.6. The first-order valence-corrected chi connectivity index (χ1v) is 8.97. The summed E-state index contributed by atoms with van der Waals surface area (Å²) >= 11 is 0. The molecule has 1 N–H and O–H groups in total. The molecule has 4 heteroatoms. The quantitative estimate of drug-likeness (QED) is 0.461. The normalized spacial score (nSPS) is 12.7. The van der Waals surface area contributed by atoms with Crippen LogP contribution >= 0.6 is 0 Å². The number of hydrogen-bond acceptors (Lipinski definition) is 1. The van der Waals surface area contributed by atoms with Gasteiger partial charge in [0.05, 0.1) is 11.0 Å². The van der Waals surface area contributed by atoms with Gasteiger partial charge in [-0.1, -0.05) is 55.8 Å². The Balaban J connectivity index is 1.73. The highest BCUT2D eigenvalue weighted by molar-refractivity contribution is 5.86. The lowest BCUT2D eigenvalue weighted by Crippen LogP contribution is -2.05. The molecule has 4 aromatic rings. The van der Waals surface area contributed by atoms with Gasteiger partial charge in [0.1, 0.15) is 5.82 Å². The molecule has 132 valence electrons. The monoisotopic (exact) mass is 350 g/mol. The van der Waals surface area contributed by atoms with E-state index in [1.165, 1.54) is 22.4 Å². The molecule has 0 aliphatic heterocycles. The molecule has 0 bridgehead atoms. The fourth-order valence-electron chi connectivity index (χ4n) is 3.71. The van der Waals surface area contributed by atoms with Crippen LogP contribution in [0.15, 0.2) is 54.6 Å². The zero-order valence-electron chi connectivity index (χ0n) is 14.6. The number of nitrogens with zero attached hydrogens (tertiary/aromatic N) is 1. The highest BCUT2D eigenvalue weighted by Gasteiger charge is 2.17. The molecule has 1 aromatic heterocycles. The lowest BCUT2D eigenvalue weighted by molar-refractivity contribution is 0.510. The lowest BCUT2D eigenvalue weighted by atomic mass is 9.87. The maximum Gasteiger partial charge on any atom is 0.161 e. The van der Waals surface area contributed by atoms with Gasteiger partial charge in [-0.05, 0) is 28.7 Å². The van der Waals surface area contributed by atoms with E-state index in [9.17, 15) is 8.78 Å². The van der Waals surface area contributed by atoms with Gasteiger partial charge in [-0.15, -0.1) is 0 Å². The van der Waals surface area contributed by atoms with Crippen molar-refractivity contribution in [2.75, 3.05) is 0 Å². The second kappa shape index (κ2) is 6.87. The Hall–Kier alpha value is -2.75. The Kier molecular flexibility index (Phi) is 4.41. The van der Waals surface area contributed by atoms with Crippen LogP contribution in [0, 0.1) is 11.6 Å². The number of hydrogen-bond donors (Lipinski definition) is 1. The van der Waals surface area contributed by atoms with E-state index < -0.39 is 11.6 Å². The van der Waals surface area contributed by atoms with E-state index in [1.54, 1.807) is 0 Å². The van der Waals surface area contributed by atoms with E-state index in [1.807, 2.05) is 6.07 Å². The molecule has 0 radical (unpaired) electrons. The van der Waals surface area contributed by atoms with Gasteiger partial charge < -0.3 is 4.98 Å². The van der Waals surface area contributed by atoms with Gasteiger partial charge in [0.15, 0.2) is 11.6 Å². The van der Waals surface area contributed by atoms with Crippen molar-refractivity contribution in [3.8, 4) is 0 Å². The van der Waals surface area contributed by atoms with Crippen LogP contribution in [0.4, 0.5) is 8.78 Å². The molecule has 1 atom stereocenters. The number of aromatic amines is 1. The van der Waals surface area contributed by atoms with Crippen molar-refractivity contribution >= 4 is 21.8 Å². The van der Waals surface area contributed by atoms with E-state index in [0.717, 1.165) is 24.7 Å². The van der Waals surface area contributed by atoms with Crippen LogP contribution in [0.3, 0.4) is 0 Å². The summed E-state index contributed by atoms with van der Waals surface area (Å²) in [5.74, 6) is -0.667. The van der Waals surface area contributed by atoms with Gasteiger partial charge in [0.25, 0.3) is 0 Å². The number of imidazole rings is 1. The largest absolute Gasteiger partial charge is 0.342 e. The predicted octanol–water partition coefficient (Wildman–Crippen LogP) is 6.12. The van der Waals surface area contributed by atoms with Crippen LogP contribution in [-0.2, 0) is 6.42 Å². The summed E-state index contributed by atoms with van der Waals surface area (Å²) in [5, 5.41) is 2.47. The fraction of sp³-hybridized carbons (Fsp3) is 0.227. The van der Waals surface area contributed by atoms with Crippen LogP contribution < -0.4 is 0 Å². The molecule has 3 aromatic carbocycles. The second-order valence-corrected chi connectivity index (χ2v) is 6.73. The van der Waals surface area contributed by atoms with E-state index in [2.05, 4.69) is 53.3 Å². The number of H-pyrrole nitrogens is 1. The molecule has 0 saturated heterocycles. The van der Waals surface area contributed by atoms with Crippen molar-refractivity contribution in [3.63, 3.8) is 0 Å². The van der Waals surface area contributed by atoms with Crippen LogP contribution in [0.2, 0.25) is 0 Å². The van der Waals surface area contributed by atoms with E-state index in [-0.39, 0.29) is 0 Å². The highest BCUT2D eigenvalue weighted by atomic mass is 19.2. The third-order valence-corrected chi connectivity index (χ3v) is 4.91. The standard InChI is InChI=1S/C22H20F2N2/c1-2-6-15(17-10-5-8-14-7-3-4-9-16(14)17)11-22-25-20-12-18(23)19(24)13-21(20)26-22/h3-5,7-10,12-13,15H,2,6,11H2,1H3,(H,25,26). The summed E-state index contributed by atoms with van der Waals surface area (Å²) in [5.41, 5.74) is 2.29. The fourth-order valence-corrected chi connectivity index (χ4v) is 3.71. The summed E-state index contributed by atoms with van der Waals surface area (Å²) in [4.78, 5) is 7.63. The van der Waals surface area contributed by atoms with Gasteiger partial charge in [-0.25, -0.2) is 13.8 Å². The van der Waals surface area contributed by atoms with Crippen molar-refractivity contribution in [2.24, 2.45) is 0 Å². The first-order valence-electron chi connectivity index (χ1n) is 8.97. The van der Waals surface area contributed by atoms with Gasteiger partial charge in [-0.2, -0.15) is 0 Å². The average Bonchev–Trinajstić information content (AvgIpc) is 3.02. The smallest absolute Gasteiger partial charge is 0.161 e. The Bertz CT molecular complexity index is 1020. The maximum absolute atomic E-state index is 13.5. The van der Waals surface area contributed by atoms with E-state index >= 15 is 0 Å². The third-order valence-electron chi connectivity index (χ3n) is 4.91. The van der Waals surface area contributed by atoms with Crippen LogP contribution in [-0.4, -0.2) is 9.97 Å². The molecule has 2 nitrogen and oxygen atoms in total. The minimum atomic E-state index is -0.866. The highest BCUT2D eigenvalue weighted by Crippen LogP contribution is 2.31. The van der Waals surface area contributed by atoms with Gasteiger partial charge in [0.2, 0.25) is 0 Å². The van der Waals surface area contributed by atoms with Crippen LogP contribution in [0.5, 0.6) is 0 Å². The zero-order chi connectivity index (χ0) is 18.1. The topological polar surface area (TPSA) is 28.7 Å². The summed E-state index contributed by atoms with van der Waals surface area (Å²) in [6.45, 7) is 2.17. The van der Waals surface area contributed by atoms with Crippen LogP contribution in [0.1, 0.15) is 37.1 Å². The van der Waals surface area contributed by atoms with Crippen molar-refractivity contribution < 1.29 is 8.78 Å². The molecule has 1 heterocycles.